The Kier molecular flexibility index (Phi) is 11.0. The Balaban J connectivity index is 0.00000240. The molecule has 2 heterocycles. The number of hydrogen-bond acceptors (Lipinski definition) is 4. The summed E-state index contributed by atoms with van der Waals surface area (Å²) in [7, 11) is 0. The third kappa shape index (κ3) is 6.92. The molecule has 2 amide bonds. The van der Waals surface area contributed by atoms with E-state index in [0.717, 1.165) is 17.7 Å². The van der Waals surface area contributed by atoms with Crippen molar-refractivity contribution in [3.8, 4) is 0 Å². The first-order valence-electron chi connectivity index (χ1n) is 10.3. The van der Waals surface area contributed by atoms with Crippen molar-refractivity contribution >= 4 is 36.6 Å². The van der Waals surface area contributed by atoms with Gasteiger partial charge in [-0.1, -0.05) is 50.2 Å². The lowest BCUT2D eigenvalue weighted by Crippen LogP contribution is -2.53. The Hall–Kier alpha value is -2.15. The second-order valence-electron chi connectivity index (χ2n) is 7.96. The number of nitrogens with zero attached hydrogens (tertiary/aromatic N) is 2. The average Bonchev–Trinajstić information content (AvgIpc) is 3.23. The summed E-state index contributed by atoms with van der Waals surface area (Å²) in [5.74, 6) is -0.233. The van der Waals surface area contributed by atoms with E-state index in [4.69, 9.17) is 5.73 Å². The lowest BCUT2D eigenvalue weighted by atomic mass is 10.0. The van der Waals surface area contributed by atoms with E-state index in [1.54, 1.807) is 11.1 Å². The predicted molar refractivity (Wildman–Crippen MR) is 127 cm³/mol. The van der Waals surface area contributed by atoms with Crippen LogP contribution < -0.4 is 11.1 Å². The van der Waals surface area contributed by atoms with Gasteiger partial charge in [-0.3, -0.25) is 14.6 Å². The third-order valence-electron chi connectivity index (χ3n) is 5.50. The van der Waals surface area contributed by atoms with Gasteiger partial charge in [0.15, 0.2) is 0 Å². The second-order valence-corrected chi connectivity index (χ2v) is 7.96. The number of rotatable bonds is 7. The van der Waals surface area contributed by atoms with Gasteiger partial charge in [0, 0.05) is 24.9 Å². The van der Waals surface area contributed by atoms with Gasteiger partial charge in [-0.15, -0.1) is 24.8 Å². The Morgan fingerprint density at radius 1 is 1.13 bits per heavy atom. The normalized spacial score (nSPS) is 17.3. The molecule has 3 rings (SSSR count). The highest BCUT2D eigenvalue weighted by molar-refractivity contribution is 5.90. The lowest BCUT2D eigenvalue weighted by molar-refractivity contribution is -0.140. The van der Waals surface area contributed by atoms with Crippen LogP contribution in [-0.2, 0) is 16.0 Å². The van der Waals surface area contributed by atoms with Gasteiger partial charge in [-0.05, 0) is 36.5 Å². The number of likely N-dealkylation sites (tertiary alicyclic amines) is 1. The van der Waals surface area contributed by atoms with E-state index < -0.39 is 12.1 Å². The van der Waals surface area contributed by atoms with Crippen molar-refractivity contribution in [2.75, 3.05) is 6.54 Å². The molecular formula is C23H32Cl2N4O2. The van der Waals surface area contributed by atoms with E-state index in [9.17, 15) is 9.59 Å². The van der Waals surface area contributed by atoms with Gasteiger partial charge in [0.25, 0.3) is 0 Å². The molecule has 1 fully saturated rings. The zero-order chi connectivity index (χ0) is 20.8. The molecule has 0 spiro atoms. The van der Waals surface area contributed by atoms with Gasteiger partial charge >= 0.3 is 0 Å². The van der Waals surface area contributed by atoms with Gasteiger partial charge in [-0.2, -0.15) is 0 Å². The smallest absolute Gasteiger partial charge is 0.243 e. The minimum absolute atomic E-state index is 0. The fourth-order valence-corrected chi connectivity index (χ4v) is 3.71. The highest BCUT2D eigenvalue weighted by Crippen LogP contribution is 2.23. The lowest BCUT2D eigenvalue weighted by Gasteiger charge is -2.29. The first kappa shape index (κ1) is 26.9. The monoisotopic (exact) mass is 466 g/mol. The highest BCUT2D eigenvalue weighted by atomic mass is 35.5. The summed E-state index contributed by atoms with van der Waals surface area (Å²) in [6.07, 6.45) is 3.81. The molecule has 0 saturated carbocycles. The van der Waals surface area contributed by atoms with E-state index in [0.29, 0.717) is 19.4 Å². The summed E-state index contributed by atoms with van der Waals surface area (Å²) in [6, 6.07) is 14.4. The molecule has 1 aliphatic heterocycles. The second kappa shape index (κ2) is 12.6. The molecule has 6 nitrogen and oxygen atoms in total. The number of amides is 2. The average molecular weight is 467 g/mol. The Morgan fingerprint density at radius 3 is 2.42 bits per heavy atom. The maximum absolute atomic E-state index is 13.2. The molecule has 1 unspecified atom stereocenters. The van der Waals surface area contributed by atoms with Crippen molar-refractivity contribution in [2.45, 2.75) is 51.2 Å². The van der Waals surface area contributed by atoms with Crippen LogP contribution in [0.2, 0.25) is 0 Å². The molecule has 1 aliphatic rings. The number of aromatic nitrogens is 1. The summed E-state index contributed by atoms with van der Waals surface area (Å²) >= 11 is 0. The van der Waals surface area contributed by atoms with Crippen LogP contribution in [0.15, 0.2) is 54.7 Å². The van der Waals surface area contributed by atoms with Gasteiger partial charge < -0.3 is 16.0 Å². The molecule has 0 bridgehead atoms. The molecule has 31 heavy (non-hydrogen) atoms. The van der Waals surface area contributed by atoms with E-state index in [1.807, 2.05) is 62.4 Å². The zero-order valence-corrected chi connectivity index (χ0v) is 19.6. The maximum Gasteiger partial charge on any atom is 0.243 e. The number of benzene rings is 1. The van der Waals surface area contributed by atoms with Crippen LogP contribution in [0.3, 0.4) is 0 Å². The van der Waals surface area contributed by atoms with E-state index in [2.05, 4.69) is 10.3 Å². The van der Waals surface area contributed by atoms with Gasteiger partial charge in [0.2, 0.25) is 11.8 Å². The van der Waals surface area contributed by atoms with Crippen LogP contribution in [0.4, 0.5) is 0 Å². The highest BCUT2D eigenvalue weighted by Gasteiger charge is 2.37. The van der Waals surface area contributed by atoms with E-state index in [1.165, 1.54) is 0 Å². The van der Waals surface area contributed by atoms with Crippen molar-refractivity contribution in [2.24, 2.45) is 11.7 Å². The number of hydrogen-bond donors (Lipinski definition) is 2. The van der Waals surface area contributed by atoms with Crippen molar-refractivity contribution in [3.05, 3.63) is 66.0 Å². The number of nitrogens with one attached hydrogen (secondary N) is 1. The van der Waals surface area contributed by atoms with Crippen molar-refractivity contribution < 1.29 is 9.59 Å². The summed E-state index contributed by atoms with van der Waals surface area (Å²) in [4.78, 5) is 32.0. The van der Waals surface area contributed by atoms with Gasteiger partial charge in [-0.25, -0.2) is 0 Å². The minimum Gasteiger partial charge on any atom is -0.347 e. The fraction of sp³-hybridized carbons (Fsp3) is 0.435. The summed E-state index contributed by atoms with van der Waals surface area (Å²) in [5, 5.41) is 3.16. The zero-order valence-electron chi connectivity index (χ0n) is 17.9. The van der Waals surface area contributed by atoms with E-state index >= 15 is 0 Å². The first-order chi connectivity index (χ1) is 14.0. The van der Waals surface area contributed by atoms with Crippen LogP contribution in [0, 0.1) is 5.92 Å². The van der Waals surface area contributed by atoms with Crippen LogP contribution in [0.5, 0.6) is 0 Å². The van der Waals surface area contributed by atoms with Crippen LogP contribution in [0.25, 0.3) is 0 Å². The molecule has 3 N–H and O–H groups in total. The Bertz CT molecular complexity index is 821. The SMILES string of the molecule is CC(C)[C@H](N)C(=O)N1CCC[C@H]1C(=O)NC(Cc1ccccn1)c1ccccc1.Cl.Cl. The largest absolute Gasteiger partial charge is 0.347 e. The third-order valence-corrected chi connectivity index (χ3v) is 5.50. The van der Waals surface area contributed by atoms with Gasteiger partial charge in [0.1, 0.15) is 6.04 Å². The van der Waals surface area contributed by atoms with E-state index in [-0.39, 0.29) is 48.6 Å². The first-order valence-corrected chi connectivity index (χ1v) is 10.3. The molecule has 170 valence electrons. The van der Waals surface area contributed by atoms with Crippen LogP contribution in [0.1, 0.15) is 44.0 Å². The number of nitrogens with two attached hydrogens (primary N) is 1. The van der Waals surface area contributed by atoms with Crippen LogP contribution >= 0.6 is 24.8 Å². The topological polar surface area (TPSA) is 88.3 Å². The Labute approximate surface area is 196 Å². The molecular weight excluding hydrogens is 435 g/mol. The number of halogens is 2. The summed E-state index contributed by atoms with van der Waals surface area (Å²) < 4.78 is 0. The number of carbonyl (C=O) groups excluding carboxylic acids is 2. The quantitative estimate of drug-likeness (QED) is 0.654. The van der Waals surface area contributed by atoms with Crippen LogP contribution in [-0.4, -0.2) is 40.3 Å². The molecule has 0 radical (unpaired) electrons. The molecule has 1 aromatic heterocycles. The fourth-order valence-electron chi connectivity index (χ4n) is 3.71. The number of carbonyl (C=O) groups is 2. The van der Waals surface area contributed by atoms with Gasteiger partial charge in [0.05, 0.1) is 12.1 Å². The molecule has 1 saturated heterocycles. The van der Waals surface area contributed by atoms with Crippen molar-refractivity contribution in [1.29, 1.82) is 0 Å². The Morgan fingerprint density at radius 2 is 1.81 bits per heavy atom. The molecule has 2 aromatic rings. The molecule has 1 aromatic carbocycles. The van der Waals surface area contributed by atoms with Crippen molar-refractivity contribution in [3.63, 3.8) is 0 Å². The summed E-state index contributed by atoms with van der Waals surface area (Å²) in [6.45, 7) is 4.42. The molecule has 3 atom stereocenters. The van der Waals surface area contributed by atoms with Crippen molar-refractivity contribution in [1.82, 2.24) is 15.2 Å². The summed E-state index contributed by atoms with van der Waals surface area (Å²) in [5.41, 5.74) is 7.99. The number of pyridine rings is 1. The minimum atomic E-state index is -0.582. The standard InChI is InChI=1S/C23H30N4O2.2ClH/c1-16(2)21(24)23(29)27-14-8-12-20(27)22(28)26-19(17-9-4-3-5-10-17)15-18-11-6-7-13-25-18;;/h3-7,9-11,13,16,19-21H,8,12,14-15,24H2,1-2H3,(H,26,28);2*1H/t19?,20-,21-;;/m0../s1. The predicted octanol–water partition coefficient (Wildman–Crippen LogP) is 3.30. The molecule has 0 aliphatic carbocycles. The maximum atomic E-state index is 13.2. The molecule has 8 heteroatoms.